The molecule has 19 heavy (non-hydrogen) atoms. The first-order valence-corrected chi connectivity index (χ1v) is 6.93. The molecule has 5 nitrogen and oxygen atoms in total. The van der Waals surface area contributed by atoms with Crippen molar-refractivity contribution in [1.82, 2.24) is 20.3 Å². The molecule has 1 unspecified atom stereocenters. The molecule has 0 aromatic carbocycles. The van der Waals surface area contributed by atoms with Crippen LogP contribution >= 0.6 is 0 Å². The largest absolute Gasteiger partial charge is 0.353 e. The maximum Gasteiger partial charge on any atom is 0.180 e. The number of nitrogens with one attached hydrogen (secondary N) is 1. The Balaban J connectivity index is 1.91. The number of piperidine rings is 1. The number of nitrogens with zero attached hydrogens (tertiary/aromatic N) is 4. The van der Waals surface area contributed by atoms with Crippen LogP contribution in [-0.2, 0) is 0 Å². The van der Waals surface area contributed by atoms with E-state index in [4.69, 9.17) is 0 Å². The van der Waals surface area contributed by atoms with Gasteiger partial charge in [0.25, 0.3) is 0 Å². The minimum absolute atomic E-state index is 0.528. The molecule has 1 aliphatic heterocycles. The summed E-state index contributed by atoms with van der Waals surface area (Å²) in [6, 6.07) is 4.58. The molecule has 3 rings (SSSR count). The number of likely N-dealkylation sites (N-methyl/N-ethyl adjacent to an activating group) is 1. The number of rotatable bonds is 3. The van der Waals surface area contributed by atoms with E-state index in [0.717, 1.165) is 36.6 Å². The fourth-order valence-electron chi connectivity index (χ4n) is 2.71. The lowest BCUT2D eigenvalue weighted by molar-refractivity contribution is 0.433. The summed E-state index contributed by atoms with van der Waals surface area (Å²) < 4.78 is 0. The van der Waals surface area contributed by atoms with Crippen LogP contribution in [0.15, 0.2) is 24.5 Å². The van der Waals surface area contributed by atoms with Gasteiger partial charge in [-0.25, -0.2) is 9.97 Å². The molecule has 1 N–H and O–H groups in total. The molecule has 0 radical (unpaired) electrons. The van der Waals surface area contributed by atoms with E-state index in [0.29, 0.717) is 6.04 Å². The average molecular weight is 257 g/mol. The van der Waals surface area contributed by atoms with Gasteiger partial charge in [-0.3, -0.25) is 4.98 Å². The van der Waals surface area contributed by atoms with Crippen molar-refractivity contribution in [1.29, 1.82) is 0 Å². The predicted molar refractivity (Wildman–Crippen MR) is 76.2 cm³/mol. The Bertz CT molecular complexity index is 550. The van der Waals surface area contributed by atoms with E-state index in [-0.39, 0.29) is 0 Å². The van der Waals surface area contributed by atoms with Crippen LogP contribution in [0.2, 0.25) is 0 Å². The molecule has 1 aliphatic rings. The van der Waals surface area contributed by atoms with Gasteiger partial charge in [0.05, 0.1) is 0 Å². The van der Waals surface area contributed by atoms with Crippen molar-refractivity contribution in [2.24, 2.45) is 0 Å². The summed E-state index contributed by atoms with van der Waals surface area (Å²) in [5.74, 6) is 1.00. The standard InChI is InChI=1S/C14H19N5/c1-2-19(11-4-3-7-15-10-11)13-6-5-12-14(18-13)17-9-8-16-12/h5-6,8-9,11,15H,2-4,7,10H2,1H3. The lowest BCUT2D eigenvalue weighted by Crippen LogP contribution is -2.46. The highest BCUT2D eigenvalue weighted by atomic mass is 15.2. The molecule has 0 spiro atoms. The van der Waals surface area contributed by atoms with Gasteiger partial charge in [0.2, 0.25) is 0 Å². The second-order valence-electron chi connectivity index (χ2n) is 4.85. The molecule has 100 valence electrons. The van der Waals surface area contributed by atoms with E-state index in [1.165, 1.54) is 12.8 Å². The van der Waals surface area contributed by atoms with Crippen LogP contribution < -0.4 is 10.2 Å². The first kappa shape index (κ1) is 12.3. The lowest BCUT2D eigenvalue weighted by Gasteiger charge is -2.34. The summed E-state index contributed by atoms with van der Waals surface area (Å²) in [7, 11) is 0. The summed E-state index contributed by atoms with van der Waals surface area (Å²) in [5, 5.41) is 3.46. The number of aromatic nitrogens is 3. The van der Waals surface area contributed by atoms with Crippen LogP contribution in [-0.4, -0.2) is 40.6 Å². The van der Waals surface area contributed by atoms with Gasteiger partial charge in [-0.2, -0.15) is 0 Å². The minimum atomic E-state index is 0.528. The van der Waals surface area contributed by atoms with E-state index in [2.05, 4.69) is 38.2 Å². The smallest absolute Gasteiger partial charge is 0.180 e. The highest BCUT2D eigenvalue weighted by Crippen LogP contribution is 2.20. The van der Waals surface area contributed by atoms with Crippen molar-refractivity contribution < 1.29 is 0 Å². The Morgan fingerprint density at radius 2 is 2.21 bits per heavy atom. The van der Waals surface area contributed by atoms with Crippen molar-refractivity contribution in [3.05, 3.63) is 24.5 Å². The predicted octanol–water partition coefficient (Wildman–Crippen LogP) is 1.60. The molecular weight excluding hydrogens is 238 g/mol. The Morgan fingerprint density at radius 1 is 1.32 bits per heavy atom. The van der Waals surface area contributed by atoms with Crippen LogP contribution in [0.25, 0.3) is 11.2 Å². The van der Waals surface area contributed by atoms with Gasteiger partial charge in [0, 0.05) is 31.5 Å². The first-order chi connectivity index (χ1) is 9.38. The Kier molecular flexibility index (Phi) is 3.55. The SMILES string of the molecule is CCN(c1ccc2nccnc2n1)C1CCCNC1. The summed E-state index contributed by atoms with van der Waals surface area (Å²) in [6.45, 7) is 5.31. The molecule has 1 fully saturated rings. The fourth-order valence-corrected chi connectivity index (χ4v) is 2.71. The molecule has 0 bridgehead atoms. The number of fused-ring (bicyclic) bond motifs is 1. The zero-order valence-electron chi connectivity index (χ0n) is 11.2. The van der Waals surface area contributed by atoms with Crippen LogP contribution in [0.4, 0.5) is 5.82 Å². The van der Waals surface area contributed by atoms with Gasteiger partial charge in [-0.15, -0.1) is 0 Å². The fraction of sp³-hybridized carbons (Fsp3) is 0.500. The third-order valence-electron chi connectivity index (χ3n) is 3.66. The molecule has 2 aromatic heterocycles. The number of anilines is 1. The Hall–Kier alpha value is -1.75. The molecule has 0 aliphatic carbocycles. The highest BCUT2D eigenvalue weighted by Gasteiger charge is 2.21. The zero-order valence-corrected chi connectivity index (χ0v) is 11.2. The van der Waals surface area contributed by atoms with Crippen molar-refractivity contribution in [2.75, 3.05) is 24.5 Å². The second kappa shape index (κ2) is 5.48. The second-order valence-corrected chi connectivity index (χ2v) is 4.85. The maximum absolute atomic E-state index is 4.65. The van der Waals surface area contributed by atoms with Crippen molar-refractivity contribution >= 4 is 17.0 Å². The molecule has 5 heteroatoms. The number of hydrogen-bond acceptors (Lipinski definition) is 5. The number of pyridine rings is 1. The molecule has 2 aromatic rings. The van der Waals surface area contributed by atoms with Crippen LogP contribution in [0, 0.1) is 0 Å². The van der Waals surface area contributed by atoms with Gasteiger partial charge < -0.3 is 10.2 Å². The average Bonchev–Trinajstić information content (AvgIpc) is 2.49. The normalized spacial score (nSPS) is 19.5. The van der Waals surface area contributed by atoms with Crippen molar-refractivity contribution in [2.45, 2.75) is 25.8 Å². The molecule has 1 saturated heterocycles. The van der Waals surface area contributed by atoms with Gasteiger partial charge in [0.1, 0.15) is 11.3 Å². The molecule has 1 atom stereocenters. The molecule has 0 amide bonds. The monoisotopic (exact) mass is 257 g/mol. The van der Waals surface area contributed by atoms with Gasteiger partial charge in [0.15, 0.2) is 5.65 Å². The Morgan fingerprint density at radius 3 is 3.00 bits per heavy atom. The quantitative estimate of drug-likeness (QED) is 0.905. The summed E-state index contributed by atoms with van der Waals surface area (Å²) in [6.07, 6.45) is 5.85. The minimum Gasteiger partial charge on any atom is -0.353 e. The summed E-state index contributed by atoms with van der Waals surface area (Å²) in [4.78, 5) is 15.6. The van der Waals surface area contributed by atoms with Crippen LogP contribution in [0.5, 0.6) is 0 Å². The third kappa shape index (κ3) is 2.51. The third-order valence-corrected chi connectivity index (χ3v) is 3.66. The molecule has 0 saturated carbocycles. The van der Waals surface area contributed by atoms with Crippen molar-refractivity contribution in [3.8, 4) is 0 Å². The van der Waals surface area contributed by atoms with Gasteiger partial charge >= 0.3 is 0 Å². The van der Waals surface area contributed by atoms with E-state index in [9.17, 15) is 0 Å². The first-order valence-electron chi connectivity index (χ1n) is 6.93. The Labute approximate surface area is 113 Å². The maximum atomic E-state index is 4.65. The van der Waals surface area contributed by atoms with E-state index >= 15 is 0 Å². The molecule has 3 heterocycles. The lowest BCUT2D eigenvalue weighted by atomic mass is 10.1. The van der Waals surface area contributed by atoms with Crippen LogP contribution in [0.3, 0.4) is 0 Å². The van der Waals surface area contributed by atoms with E-state index in [1.807, 2.05) is 6.07 Å². The number of hydrogen-bond donors (Lipinski definition) is 1. The van der Waals surface area contributed by atoms with Gasteiger partial charge in [-0.05, 0) is 38.4 Å². The summed E-state index contributed by atoms with van der Waals surface area (Å²) in [5.41, 5.74) is 1.58. The van der Waals surface area contributed by atoms with Crippen LogP contribution in [0.1, 0.15) is 19.8 Å². The van der Waals surface area contributed by atoms with E-state index < -0.39 is 0 Å². The van der Waals surface area contributed by atoms with Crippen molar-refractivity contribution in [3.63, 3.8) is 0 Å². The van der Waals surface area contributed by atoms with E-state index in [1.54, 1.807) is 12.4 Å². The topological polar surface area (TPSA) is 53.9 Å². The highest BCUT2D eigenvalue weighted by molar-refractivity contribution is 5.71. The van der Waals surface area contributed by atoms with Gasteiger partial charge in [-0.1, -0.05) is 0 Å². The summed E-state index contributed by atoms with van der Waals surface area (Å²) >= 11 is 0. The zero-order chi connectivity index (χ0) is 13.1. The molecular formula is C14H19N5.